The highest BCUT2D eigenvalue weighted by atomic mass is 19.1. The van der Waals surface area contributed by atoms with Gasteiger partial charge >= 0.3 is 0 Å². The number of benzene rings is 3. The molecule has 166 valence electrons. The zero-order chi connectivity index (χ0) is 22.5. The molecule has 0 unspecified atom stereocenters. The van der Waals surface area contributed by atoms with Gasteiger partial charge < -0.3 is 21.3 Å². The Bertz CT molecular complexity index is 1080. The van der Waals surface area contributed by atoms with Gasteiger partial charge in [-0.3, -0.25) is 4.79 Å². The lowest BCUT2D eigenvalue weighted by molar-refractivity contribution is 0.0727. The maximum atomic E-state index is 13.4. The Morgan fingerprint density at radius 3 is 2.34 bits per heavy atom. The molecule has 0 atom stereocenters. The lowest BCUT2D eigenvalue weighted by atomic mass is 10.0. The van der Waals surface area contributed by atoms with E-state index in [2.05, 4.69) is 11.0 Å². The van der Waals surface area contributed by atoms with Crippen LogP contribution in [-0.2, 0) is 6.54 Å². The van der Waals surface area contributed by atoms with Gasteiger partial charge in [0.05, 0.1) is 11.4 Å². The fourth-order valence-corrected chi connectivity index (χ4v) is 4.12. The van der Waals surface area contributed by atoms with Crippen molar-refractivity contribution in [1.29, 1.82) is 0 Å². The summed E-state index contributed by atoms with van der Waals surface area (Å²) in [5.41, 5.74) is 16.5. The van der Waals surface area contributed by atoms with Crippen molar-refractivity contribution < 1.29 is 9.18 Å². The summed E-state index contributed by atoms with van der Waals surface area (Å²) in [6.45, 7) is 4.08. The highest BCUT2D eigenvalue weighted by Crippen LogP contribution is 2.26. The predicted octanol–water partition coefficient (Wildman–Crippen LogP) is 4.40. The molecular formula is C26H29FN4O. The standard InChI is InChI=1S/C26H29FN4O/c27-23-9-6-20(7-10-23)26(32)31(15-14-30-12-1-2-13-30)18-19-4-3-5-21(16-19)22-8-11-24(28)25(29)17-22/h3-11,16-17H,1-2,12-15,18,28-29H2. The molecule has 0 aromatic heterocycles. The Kier molecular flexibility index (Phi) is 6.71. The molecule has 6 heteroatoms. The second-order valence-electron chi connectivity index (χ2n) is 8.33. The van der Waals surface area contributed by atoms with Crippen LogP contribution in [0.3, 0.4) is 0 Å². The van der Waals surface area contributed by atoms with E-state index >= 15 is 0 Å². The first-order chi connectivity index (χ1) is 15.5. The molecule has 0 aliphatic carbocycles. The molecule has 0 bridgehead atoms. The molecule has 1 heterocycles. The van der Waals surface area contributed by atoms with E-state index in [1.807, 2.05) is 35.2 Å². The molecule has 4 N–H and O–H groups in total. The van der Waals surface area contributed by atoms with Crippen molar-refractivity contribution in [3.8, 4) is 11.1 Å². The summed E-state index contributed by atoms with van der Waals surface area (Å²) in [6, 6.07) is 19.5. The van der Waals surface area contributed by atoms with Crippen molar-refractivity contribution in [2.75, 3.05) is 37.6 Å². The zero-order valence-electron chi connectivity index (χ0n) is 18.1. The van der Waals surface area contributed by atoms with E-state index in [0.717, 1.165) is 36.3 Å². The van der Waals surface area contributed by atoms with Crippen LogP contribution in [0.1, 0.15) is 28.8 Å². The van der Waals surface area contributed by atoms with Crippen LogP contribution in [0.25, 0.3) is 11.1 Å². The minimum Gasteiger partial charge on any atom is -0.397 e. The third-order valence-corrected chi connectivity index (χ3v) is 5.98. The van der Waals surface area contributed by atoms with Gasteiger partial charge in [-0.1, -0.05) is 24.3 Å². The van der Waals surface area contributed by atoms with Crippen LogP contribution < -0.4 is 11.5 Å². The molecule has 1 fully saturated rings. The number of halogens is 1. The number of rotatable bonds is 7. The second kappa shape index (κ2) is 9.83. The summed E-state index contributed by atoms with van der Waals surface area (Å²) in [5.74, 6) is -0.438. The van der Waals surface area contributed by atoms with E-state index in [4.69, 9.17) is 11.5 Å². The highest BCUT2D eigenvalue weighted by Gasteiger charge is 2.19. The van der Waals surface area contributed by atoms with E-state index in [1.54, 1.807) is 18.2 Å². The normalized spacial score (nSPS) is 13.9. The van der Waals surface area contributed by atoms with E-state index in [1.165, 1.54) is 25.0 Å². The third-order valence-electron chi connectivity index (χ3n) is 5.98. The third kappa shape index (κ3) is 5.26. The molecular weight excluding hydrogens is 403 g/mol. The minimum absolute atomic E-state index is 0.0914. The molecule has 1 amide bonds. The van der Waals surface area contributed by atoms with Gasteiger partial charge in [0.15, 0.2) is 0 Å². The summed E-state index contributed by atoms with van der Waals surface area (Å²) in [4.78, 5) is 17.5. The smallest absolute Gasteiger partial charge is 0.254 e. The number of nitrogens with two attached hydrogens (primary N) is 2. The number of hydrogen-bond acceptors (Lipinski definition) is 4. The molecule has 1 aliphatic heterocycles. The monoisotopic (exact) mass is 432 g/mol. The molecule has 4 rings (SSSR count). The van der Waals surface area contributed by atoms with Crippen LogP contribution in [0.4, 0.5) is 15.8 Å². The van der Waals surface area contributed by atoms with Gasteiger partial charge in [-0.05, 0) is 85.1 Å². The van der Waals surface area contributed by atoms with E-state index in [9.17, 15) is 9.18 Å². The Labute approximate surface area is 188 Å². The molecule has 5 nitrogen and oxygen atoms in total. The van der Waals surface area contributed by atoms with E-state index in [0.29, 0.717) is 30.0 Å². The van der Waals surface area contributed by atoms with Crippen molar-refractivity contribution in [2.24, 2.45) is 0 Å². The first-order valence-corrected chi connectivity index (χ1v) is 11.0. The van der Waals surface area contributed by atoms with Crippen LogP contribution in [0.15, 0.2) is 66.7 Å². The minimum atomic E-state index is -0.347. The Morgan fingerprint density at radius 1 is 0.906 bits per heavy atom. The van der Waals surface area contributed by atoms with Gasteiger partial charge in [0.25, 0.3) is 5.91 Å². The van der Waals surface area contributed by atoms with Crippen molar-refractivity contribution in [3.05, 3.63) is 83.7 Å². The van der Waals surface area contributed by atoms with E-state index < -0.39 is 0 Å². The maximum absolute atomic E-state index is 13.4. The van der Waals surface area contributed by atoms with Gasteiger partial charge in [-0.2, -0.15) is 0 Å². The average molecular weight is 433 g/mol. The first kappa shape index (κ1) is 21.8. The number of nitrogen functional groups attached to an aromatic ring is 2. The van der Waals surface area contributed by atoms with Gasteiger partial charge in [0.2, 0.25) is 0 Å². The van der Waals surface area contributed by atoms with Crippen molar-refractivity contribution in [3.63, 3.8) is 0 Å². The Balaban J connectivity index is 1.56. The highest BCUT2D eigenvalue weighted by molar-refractivity contribution is 5.94. The van der Waals surface area contributed by atoms with Crippen LogP contribution in [-0.4, -0.2) is 41.9 Å². The first-order valence-electron chi connectivity index (χ1n) is 11.0. The number of likely N-dealkylation sites (tertiary alicyclic amines) is 1. The van der Waals surface area contributed by atoms with Gasteiger partial charge in [-0.15, -0.1) is 0 Å². The maximum Gasteiger partial charge on any atom is 0.254 e. The molecule has 0 saturated carbocycles. The van der Waals surface area contributed by atoms with Gasteiger partial charge in [0, 0.05) is 25.2 Å². The van der Waals surface area contributed by atoms with Gasteiger partial charge in [0.1, 0.15) is 5.82 Å². The topological polar surface area (TPSA) is 75.6 Å². The lowest BCUT2D eigenvalue weighted by Gasteiger charge is -2.26. The number of carbonyl (C=O) groups excluding carboxylic acids is 1. The largest absolute Gasteiger partial charge is 0.397 e. The predicted molar refractivity (Wildman–Crippen MR) is 128 cm³/mol. The number of anilines is 2. The second-order valence-corrected chi connectivity index (χ2v) is 8.33. The van der Waals surface area contributed by atoms with Crippen LogP contribution in [0.2, 0.25) is 0 Å². The van der Waals surface area contributed by atoms with Gasteiger partial charge in [-0.25, -0.2) is 4.39 Å². The van der Waals surface area contributed by atoms with Crippen LogP contribution >= 0.6 is 0 Å². The summed E-state index contributed by atoms with van der Waals surface area (Å²) in [7, 11) is 0. The number of amides is 1. The number of carbonyl (C=O) groups is 1. The van der Waals surface area contributed by atoms with Crippen molar-refractivity contribution in [2.45, 2.75) is 19.4 Å². The van der Waals surface area contributed by atoms with Crippen molar-refractivity contribution >= 4 is 17.3 Å². The summed E-state index contributed by atoms with van der Waals surface area (Å²) in [6.07, 6.45) is 2.41. The van der Waals surface area contributed by atoms with Crippen LogP contribution in [0.5, 0.6) is 0 Å². The molecule has 0 radical (unpaired) electrons. The molecule has 3 aromatic carbocycles. The fourth-order valence-electron chi connectivity index (χ4n) is 4.12. The SMILES string of the molecule is Nc1ccc(-c2cccc(CN(CCN3CCCC3)C(=O)c3ccc(F)cc3)c2)cc1N. The molecule has 1 aliphatic rings. The molecule has 3 aromatic rings. The summed E-state index contributed by atoms with van der Waals surface area (Å²) >= 11 is 0. The Hall–Kier alpha value is -3.38. The summed E-state index contributed by atoms with van der Waals surface area (Å²) < 4.78 is 13.4. The van der Waals surface area contributed by atoms with E-state index in [-0.39, 0.29) is 11.7 Å². The fraction of sp³-hybridized carbons (Fsp3) is 0.269. The number of nitrogens with zero attached hydrogens (tertiary/aromatic N) is 2. The molecule has 32 heavy (non-hydrogen) atoms. The molecule has 1 saturated heterocycles. The Morgan fingerprint density at radius 2 is 1.62 bits per heavy atom. The summed E-state index contributed by atoms with van der Waals surface area (Å²) in [5, 5.41) is 0. The van der Waals surface area contributed by atoms with Crippen molar-refractivity contribution in [1.82, 2.24) is 9.80 Å². The number of hydrogen-bond donors (Lipinski definition) is 2. The lowest BCUT2D eigenvalue weighted by Crippen LogP contribution is -2.37. The zero-order valence-corrected chi connectivity index (χ0v) is 18.1. The molecule has 0 spiro atoms. The quantitative estimate of drug-likeness (QED) is 0.543. The van der Waals surface area contributed by atoms with Crippen LogP contribution in [0, 0.1) is 5.82 Å². The average Bonchev–Trinajstić information content (AvgIpc) is 3.32.